The van der Waals surface area contributed by atoms with Gasteiger partial charge in [0.25, 0.3) is 0 Å². The molecule has 0 saturated heterocycles. The van der Waals surface area contributed by atoms with E-state index in [1.807, 2.05) is 97.1 Å². The van der Waals surface area contributed by atoms with Crippen molar-refractivity contribution in [2.45, 2.75) is 0 Å². The van der Waals surface area contributed by atoms with Gasteiger partial charge in [0.1, 0.15) is 0 Å². The van der Waals surface area contributed by atoms with Gasteiger partial charge in [-0.15, -0.1) is 0 Å². The van der Waals surface area contributed by atoms with Crippen LogP contribution >= 0.6 is 0 Å². The molecule has 4 heteroatoms. The second-order valence-electron chi connectivity index (χ2n) is 12.8. The van der Waals surface area contributed by atoms with Crippen LogP contribution in [0, 0.1) is 0 Å². The Kier molecular flexibility index (Phi) is 5.52. The Morgan fingerprint density at radius 2 is 0.855 bits per heavy atom. The van der Waals surface area contributed by atoms with Gasteiger partial charge in [0, 0.05) is 38.7 Å². The fraction of sp³-hybridized carbons (Fsp3) is 0. The van der Waals surface area contributed by atoms with E-state index in [9.17, 15) is 1.37 Å². The standard InChI is InChI=1S/C51H34N4/c1-4-14-35(15-5-1)36-28-32-40(33-29-36)50-52-49(39-16-6-2-7-17-39)53-51(54-50)42-19-12-18-41(34-42)37-26-30-38(31-27-37)44-23-13-24-46-45-22-10-11-25-47(45)55(48(44)46)43-20-8-3-9-21-43/h1-34H/i3D,8D,9D,10D,11D,13D,20D,21D,22D,23D,24D,25D. The lowest BCUT2D eigenvalue weighted by molar-refractivity contribution is 1.07. The second kappa shape index (κ2) is 13.8. The largest absolute Gasteiger partial charge is 0.309 e. The summed E-state index contributed by atoms with van der Waals surface area (Å²) in [6.07, 6.45) is 0. The summed E-state index contributed by atoms with van der Waals surface area (Å²) in [6, 6.07) is 35.3. The highest BCUT2D eigenvalue weighted by molar-refractivity contribution is 6.13. The molecule has 0 saturated carbocycles. The highest BCUT2D eigenvalue weighted by Crippen LogP contribution is 2.39. The summed E-state index contributed by atoms with van der Waals surface area (Å²) < 4.78 is 106. The summed E-state index contributed by atoms with van der Waals surface area (Å²) in [5, 5.41) is -0.303. The van der Waals surface area contributed by atoms with E-state index in [0.717, 1.165) is 37.9 Å². The van der Waals surface area contributed by atoms with E-state index in [-0.39, 0.29) is 27.4 Å². The normalized spacial score (nSPS) is 14.3. The first kappa shape index (κ1) is 21.9. The zero-order chi connectivity index (χ0) is 47.0. The average Bonchev–Trinajstić information content (AvgIpc) is 3.71. The Morgan fingerprint density at radius 1 is 0.364 bits per heavy atom. The van der Waals surface area contributed by atoms with Crippen LogP contribution in [0.1, 0.15) is 16.4 Å². The van der Waals surface area contributed by atoms with Crippen molar-refractivity contribution in [1.82, 2.24) is 19.5 Å². The van der Waals surface area contributed by atoms with Crippen LogP contribution in [0.4, 0.5) is 0 Å². The molecule has 8 aromatic carbocycles. The van der Waals surface area contributed by atoms with Crippen LogP contribution in [0.25, 0.3) is 95.0 Å². The van der Waals surface area contributed by atoms with Crippen LogP contribution in [0.2, 0.25) is 0 Å². The number of rotatable bonds is 7. The molecule has 0 bridgehead atoms. The monoisotopic (exact) mass is 714 g/mol. The topological polar surface area (TPSA) is 43.6 Å². The zero-order valence-corrected chi connectivity index (χ0v) is 29.0. The number of para-hydroxylation sites is 3. The third kappa shape index (κ3) is 6.06. The van der Waals surface area contributed by atoms with Gasteiger partial charge in [-0.1, -0.05) is 182 Å². The Labute approximate surface area is 336 Å². The van der Waals surface area contributed by atoms with E-state index in [4.69, 9.17) is 30.0 Å². The highest BCUT2D eigenvalue weighted by atomic mass is 15.0. The van der Waals surface area contributed by atoms with Crippen LogP contribution in [-0.4, -0.2) is 19.5 Å². The van der Waals surface area contributed by atoms with Gasteiger partial charge in [0.05, 0.1) is 27.5 Å². The van der Waals surface area contributed by atoms with Crippen molar-refractivity contribution in [3.05, 3.63) is 206 Å². The van der Waals surface area contributed by atoms with Crippen molar-refractivity contribution in [1.29, 1.82) is 0 Å². The van der Waals surface area contributed by atoms with Gasteiger partial charge in [0.15, 0.2) is 17.5 Å². The Balaban J connectivity index is 1.12. The van der Waals surface area contributed by atoms with Gasteiger partial charge in [-0.25, -0.2) is 15.0 Å². The number of hydrogen-bond acceptors (Lipinski definition) is 3. The maximum Gasteiger partial charge on any atom is 0.164 e. The van der Waals surface area contributed by atoms with Gasteiger partial charge < -0.3 is 4.57 Å². The van der Waals surface area contributed by atoms with Crippen molar-refractivity contribution in [3.8, 4) is 73.2 Å². The molecule has 2 aromatic heterocycles. The first-order valence-electron chi connectivity index (χ1n) is 23.5. The first-order valence-corrected chi connectivity index (χ1v) is 17.5. The van der Waals surface area contributed by atoms with Crippen LogP contribution in [0.15, 0.2) is 206 Å². The van der Waals surface area contributed by atoms with E-state index < -0.39 is 78.2 Å². The molecule has 0 fully saturated rings. The van der Waals surface area contributed by atoms with Crippen LogP contribution < -0.4 is 0 Å². The summed E-state index contributed by atoms with van der Waals surface area (Å²) in [5.41, 5.74) is 5.65. The summed E-state index contributed by atoms with van der Waals surface area (Å²) >= 11 is 0. The van der Waals surface area contributed by atoms with Crippen molar-refractivity contribution < 1.29 is 16.4 Å². The highest BCUT2D eigenvalue weighted by Gasteiger charge is 2.17. The van der Waals surface area contributed by atoms with E-state index in [1.165, 1.54) is 0 Å². The first-order chi connectivity index (χ1) is 32.2. The van der Waals surface area contributed by atoms with Crippen molar-refractivity contribution >= 4 is 21.8 Å². The quantitative estimate of drug-likeness (QED) is 0.165. The van der Waals surface area contributed by atoms with E-state index in [2.05, 4.69) is 12.1 Å². The predicted octanol–water partition coefficient (Wildman–Crippen LogP) is 13.0. The molecule has 0 N–H and O–H groups in total. The fourth-order valence-corrected chi connectivity index (χ4v) is 6.82. The Morgan fingerprint density at radius 3 is 1.56 bits per heavy atom. The van der Waals surface area contributed by atoms with E-state index >= 15 is 0 Å². The summed E-state index contributed by atoms with van der Waals surface area (Å²) in [7, 11) is 0. The van der Waals surface area contributed by atoms with Gasteiger partial charge in [-0.2, -0.15) is 0 Å². The molecular weight excluding hydrogens is 669 g/mol. The minimum atomic E-state index is -0.684. The second-order valence-corrected chi connectivity index (χ2v) is 12.8. The minimum absolute atomic E-state index is 0.0270. The maximum atomic E-state index is 9.25. The van der Waals surface area contributed by atoms with Crippen LogP contribution in [0.5, 0.6) is 0 Å². The molecule has 0 spiro atoms. The molecule has 0 atom stereocenters. The van der Waals surface area contributed by atoms with Crippen LogP contribution in [0.3, 0.4) is 0 Å². The predicted molar refractivity (Wildman–Crippen MR) is 227 cm³/mol. The van der Waals surface area contributed by atoms with Gasteiger partial charge in [-0.05, 0) is 52.0 Å². The smallest absolute Gasteiger partial charge is 0.164 e. The molecule has 0 aliphatic heterocycles. The number of aromatic nitrogens is 4. The molecule has 55 heavy (non-hydrogen) atoms. The maximum absolute atomic E-state index is 9.25. The van der Waals surface area contributed by atoms with Crippen LogP contribution in [-0.2, 0) is 0 Å². The Bertz CT molecular complexity index is 3610. The molecule has 0 aliphatic carbocycles. The molecule has 2 heterocycles. The molecule has 0 radical (unpaired) electrons. The number of hydrogen-bond donors (Lipinski definition) is 0. The summed E-state index contributed by atoms with van der Waals surface area (Å²) in [4.78, 5) is 14.8. The third-order valence-corrected chi connectivity index (χ3v) is 9.47. The minimum Gasteiger partial charge on any atom is -0.309 e. The molecule has 0 aliphatic rings. The molecule has 10 rings (SSSR count). The number of benzene rings is 8. The van der Waals surface area contributed by atoms with Crippen molar-refractivity contribution in [2.75, 3.05) is 0 Å². The SMILES string of the molecule is [2H]c1c([2H])c([2H])c(-n2c3c([2H])c([2H])c([2H])c([2H])c3c3c([2H])c([2H])c([2H])c(-c4ccc(-c5cccc(-c6nc(-c7ccccc7)nc(-c7ccc(-c8ccccc8)cc7)n6)c5)cc4)c32)c([2H])c1[2H]. The molecule has 0 unspecified atom stereocenters. The number of nitrogens with zero attached hydrogens (tertiary/aromatic N) is 4. The molecular formula is C51H34N4. The van der Waals surface area contributed by atoms with Crippen molar-refractivity contribution in [2.24, 2.45) is 0 Å². The fourth-order valence-electron chi connectivity index (χ4n) is 6.82. The molecule has 0 amide bonds. The molecule has 4 nitrogen and oxygen atoms in total. The lowest BCUT2D eigenvalue weighted by atomic mass is 9.97. The van der Waals surface area contributed by atoms with E-state index in [0.29, 0.717) is 28.6 Å². The van der Waals surface area contributed by atoms with E-state index in [1.54, 1.807) is 24.3 Å². The van der Waals surface area contributed by atoms with Gasteiger partial charge >= 0.3 is 0 Å². The summed E-state index contributed by atoms with van der Waals surface area (Å²) in [6.45, 7) is 0. The lowest BCUT2D eigenvalue weighted by Crippen LogP contribution is -2.00. The van der Waals surface area contributed by atoms with Gasteiger partial charge in [0.2, 0.25) is 0 Å². The average molecular weight is 715 g/mol. The number of fused-ring (bicyclic) bond motifs is 3. The zero-order valence-electron chi connectivity index (χ0n) is 41.0. The lowest BCUT2D eigenvalue weighted by Gasteiger charge is -2.12. The molecule has 10 aromatic rings. The molecule has 258 valence electrons. The Hall–Kier alpha value is -7.43. The summed E-state index contributed by atoms with van der Waals surface area (Å²) in [5.74, 6) is 1.45. The van der Waals surface area contributed by atoms with Crippen molar-refractivity contribution in [3.63, 3.8) is 0 Å². The van der Waals surface area contributed by atoms with Gasteiger partial charge in [-0.3, -0.25) is 0 Å². The third-order valence-electron chi connectivity index (χ3n) is 9.47.